The Morgan fingerprint density at radius 1 is 1.05 bits per heavy atom. The second kappa shape index (κ2) is 6.60. The van der Waals surface area contributed by atoms with Crippen LogP contribution in [-0.4, -0.2) is 20.2 Å². The van der Waals surface area contributed by atoms with Gasteiger partial charge in [0.25, 0.3) is 0 Å². The Morgan fingerprint density at radius 3 is 2.38 bits per heavy atom. The summed E-state index contributed by atoms with van der Waals surface area (Å²) in [6, 6.07) is 10.3. The third-order valence-electron chi connectivity index (χ3n) is 3.04. The van der Waals surface area contributed by atoms with Crippen LogP contribution in [0.3, 0.4) is 0 Å². The van der Waals surface area contributed by atoms with Crippen molar-refractivity contribution in [3.63, 3.8) is 0 Å². The molecule has 0 saturated heterocycles. The molecule has 0 aliphatic heterocycles. The summed E-state index contributed by atoms with van der Waals surface area (Å²) in [5.74, 6) is 4.22. The van der Waals surface area contributed by atoms with E-state index >= 15 is 0 Å². The van der Waals surface area contributed by atoms with Crippen LogP contribution in [0.25, 0.3) is 11.1 Å². The molecule has 0 atom stereocenters. The van der Waals surface area contributed by atoms with Crippen LogP contribution < -0.4 is 4.74 Å². The highest BCUT2D eigenvalue weighted by Gasteiger charge is 2.08. The molecule has 2 rings (SSSR count). The van der Waals surface area contributed by atoms with Crippen molar-refractivity contribution in [2.75, 3.05) is 7.11 Å². The number of benzene rings is 1. The van der Waals surface area contributed by atoms with Gasteiger partial charge in [0.05, 0.1) is 7.11 Å². The van der Waals surface area contributed by atoms with Crippen LogP contribution in [-0.2, 0) is 6.42 Å². The average molecular weight is 295 g/mol. The summed E-state index contributed by atoms with van der Waals surface area (Å²) in [6.07, 6.45) is 4.35. The molecule has 0 radical (unpaired) electrons. The summed E-state index contributed by atoms with van der Waals surface area (Å²) < 4.78 is 5.45. The molecule has 108 valence electrons. The third-order valence-corrected chi connectivity index (χ3v) is 3.96. The lowest BCUT2D eigenvalue weighted by molar-refractivity contribution is 0.411. The summed E-state index contributed by atoms with van der Waals surface area (Å²) in [6.45, 7) is 6.76. The Hall–Kier alpha value is -2.05. The van der Waals surface area contributed by atoms with E-state index in [4.69, 9.17) is 4.74 Å². The number of rotatable bonds is 3. The second-order valence-electron chi connectivity index (χ2n) is 5.99. The number of nitrogens with zero attached hydrogens (tertiary/aromatic N) is 1. The lowest BCUT2D eigenvalue weighted by Gasteiger charge is -2.09. The number of methoxy groups -OCH3 is 1. The van der Waals surface area contributed by atoms with Crippen molar-refractivity contribution in [3.8, 4) is 28.3 Å². The van der Waals surface area contributed by atoms with E-state index in [2.05, 4.69) is 48.2 Å². The van der Waals surface area contributed by atoms with Crippen molar-refractivity contribution < 1.29 is 4.74 Å². The summed E-state index contributed by atoms with van der Waals surface area (Å²) in [5, 5.41) is 0. The Balaban J connectivity index is 2.32. The molecule has 1 heterocycles. The van der Waals surface area contributed by atoms with Crippen LogP contribution in [0.5, 0.6) is 5.75 Å². The normalized spacial score (nSPS) is 10.7. The van der Waals surface area contributed by atoms with Crippen LogP contribution in [0, 0.1) is 11.5 Å². The Labute approximate surface area is 128 Å². The van der Waals surface area contributed by atoms with E-state index in [0.29, 0.717) is 0 Å². The molecule has 0 saturated carbocycles. The number of aromatic nitrogens is 1. The molecule has 2 aromatic rings. The Bertz CT molecular complexity index is 663. The van der Waals surface area contributed by atoms with Crippen LogP contribution in [0.1, 0.15) is 5.56 Å². The van der Waals surface area contributed by atoms with Gasteiger partial charge in [-0.15, -0.1) is 11.5 Å². The van der Waals surface area contributed by atoms with Gasteiger partial charge < -0.3 is 4.74 Å². The van der Waals surface area contributed by atoms with Crippen molar-refractivity contribution in [1.29, 1.82) is 0 Å². The highest BCUT2D eigenvalue weighted by Crippen LogP contribution is 2.26. The van der Waals surface area contributed by atoms with Gasteiger partial charge in [-0.25, -0.2) is 0 Å². The highest BCUT2D eigenvalue weighted by atomic mass is 28.3. The molecule has 0 bridgehead atoms. The lowest BCUT2D eigenvalue weighted by atomic mass is 10.0. The predicted molar refractivity (Wildman–Crippen MR) is 91.1 cm³/mol. The molecule has 0 unspecified atom stereocenters. The van der Waals surface area contributed by atoms with Crippen LogP contribution in [0.2, 0.25) is 19.6 Å². The number of pyridine rings is 1. The van der Waals surface area contributed by atoms with Crippen LogP contribution in [0.15, 0.2) is 42.7 Å². The summed E-state index contributed by atoms with van der Waals surface area (Å²) in [5.41, 5.74) is 6.87. The first-order chi connectivity index (χ1) is 9.99. The smallest absolute Gasteiger partial charge is 0.129 e. The molecule has 0 spiro atoms. The average Bonchev–Trinajstić information content (AvgIpc) is 2.47. The van der Waals surface area contributed by atoms with Gasteiger partial charge in [-0.1, -0.05) is 25.7 Å². The number of hydrogen-bond donors (Lipinski definition) is 0. The minimum atomic E-state index is -1.33. The maximum absolute atomic E-state index is 5.45. The van der Waals surface area contributed by atoms with Gasteiger partial charge in [0, 0.05) is 24.4 Å². The molecule has 1 aromatic carbocycles. The first kappa shape index (κ1) is 15.3. The molecular formula is C18H21NOSi. The van der Waals surface area contributed by atoms with Gasteiger partial charge in [0.1, 0.15) is 13.8 Å². The molecule has 0 amide bonds. The van der Waals surface area contributed by atoms with E-state index in [1.807, 2.05) is 30.6 Å². The summed E-state index contributed by atoms with van der Waals surface area (Å²) in [4.78, 5) is 4.06. The monoisotopic (exact) mass is 295 g/mol. The van der Waals surface area contributed by atoms with Gasteiger partial charge in [-0.05, 0) is 35.4 Å². The maximum Gasteiger partial charge on any atom is 0.129 e. The quantitative estimate of drug-likeness (QED) is 0.626. The van der Waals surface area contributed by atoms with E-state index in [1.165, 1.54) is 5.56 Å². The van der Waals surface area contributed by atoms with Gasteiger partial charge >= 0.3 is 0 Å². The predicted octanol–water partition coefficient (Wildman–Crippen LogP) is 4.18. The second-order valence-corrected chi connectivity index (χ2v) is 10.7. The van der Waals surface area contributed by atoms with Crippen molar-refractivity contribution in [1.82, 2.24) is 4.98 Å². The number of hydrogen-bond acceptors (Lipinski definition) is 2. The zero-order valence-electron chi connectivity index (χ0n) is 13.1. The maximum atomic E-state index is 5.45. The SMILES string of the molecule is COc1ccc(-c2ccncc2)cc1CC#C[Si](C)(C)C. The number of ether oxygens (including phenoxy) is 1. The molecular weight excluding hydrogens is 274 g/mol. The molecule has 0 aliphatic carbocycles. The van der Waals surface area contributed by atoms with Crippen molar-refractivity contribution >= 4 is 8.07 Å². The van der Waals surface area contributed by atoms with E-state index in [9.17, 15) is 0 Å². The minimum Gasteiger partial charge on any atom is -0.496 e. The van der Waals surface area contributed by atoms with Crippen molar-refractivity contribution in [2.45, 2.75) is 26.1 Å². The van der Waals surface area contributed by atoms with Crippen molar-refractivity contribution in [3.05, 3.63) is 48.3 Å². The first-order valence-corrected chi connectivity index (χ1v) is 10.6. The van der Waals surface area contributed by atoms with E-state index in [1.54, 1.807) is 7.11 Å². The van der Waals surface area contributed by atoms with Gasteiger partial charge in [0.15, 0.2) is 0 Å². The van der Waals surface area contributed by atoms with Gasteiger partial charge in [-0.2, -0.15) is 0 Å². The molecule has 0 N–H and O–H groups in total. The topological polar surface area (TPSA) is 22.1 Å². The Morgan fingerprint density at radius 2 is 1.76 bits per heavy atom. The van der Waals surface area contributed by atoms with Crippen molar-refractivity contribution in [2.24, 2.45) is 0 Å². The molecule has 0 fully saturated rings. The molecule has 1 aromatic heterocycles. The molecule has 2 nitrogen and oxygen atoms in total. The van der Waals surface area contributed by atoms with E-state index in [0.717, 1.165) is 23.3 Å². The fraction of sp³-hybridized carbons (Fsp3) is 0.278. The van der Waals surface area contributed by atoms with Gasteiger partial charge in [-0.3, -0.25) is 4.98 Å². The molecule has 3 heteroatoms. The molecule has 21 heavy (non-hydrogen) atoms. The summed E-state index contributed by atoms with van der Waals surface area (Å²) >= 11 is 0. The first-order valence-electron chi connectivity index (χ1n) is 7.07. The van der Waals surface area contributed by atoms with E-state index in [-0.39, 0.29) is 0 Å². The standard InChI is InChI=1S/C18H21NOSi/c1-20-18-8-7-16(15-9-11-19-12-10-15)14-17(18)6-5-13-21(2,3)4/h7-12,14H,6H2,1-4H3. The van der Waals surface area contributed by atoms with Crippen LogP contribution >= 0.6 is 0 Å². The zero-order valence-corrected chi connectivity index (χ0v) is 14.1. The minimum absolute atomic E-state index is 0.729. The van der Waals surface area contributed by atoms with E-state index < -0.39 is 8.07 Å². The third kappa shape index (κ3) is 4.47. The largest absolute Gasteiger partial charge is 0.496 e. The van der Waals surface area contributed by atoms with Gasteiger partial charge in [0.2, 0.25) is 0 Å². The fourth-order valence-electron chi connectivity index (χ4n) is 2.05. The Kier molecular flexibility index (Phi) is 4.82. The fourth-order valence-corrected chi connectivity index (χ4v) is 2.66. The lowest BCUT2D eigenvalue weighted by Crippen LogP contribution is -2.16. The highest BCUT2D eigenvalue weighted by molar-refractivity contribution is 6.83. The summed E-state index contributed by atoms with van der Waals surface area (Å²) in [7, 11) is 0.379. The van der Waals surface area contributed by atoms with Crippen LogP contribution in [0.4, 0.5) is 0 Å². The zero-order chi connectivity index (χ0) is 15.3. The molecule has 0 aliphatic rings.